The van der Waals surface area contributed by atoms with Crippen molar-refractivity contribution in [3.63, 3.8) is 0 Å². The Balaban J connectivity index is 0.00000180. The summed E-state index contributed by atoms with van der Waals surface area (Å²) in [7, 11) is 1.85. The molecule has 0 aromatic carbocycles. The first-order valence-corrected chi connectivity index (χ1v) is 6.68. The van der Waals surface area contributed by atoms with Crippen molar-refractivity contribution in [2.24, 2.45) is 7.05 Å². The van der Waals surface area contributed by atoms with Crippen LogP contribution >= 0.6 is 12.4 Å². The first kappa shape index (κ1) is 16.0. The summed E-state index contributed by atoms with van der Waals surface area (Å²) >= 11 is 0. The Kier molecular flexibility index (Phi) is 5.82. The molecule has 5 nitrogen and oxygen atoms in total. The highest BCUT2D eigenvalue weighted by atomic mass is 35.5. The molecule has 0 aliphatic carbocycles. The van der Waals surface area contributed by atoms with Crippen molar-refractivity contribution in [1.29, 1.82) is 0 Å². The largest absolute Gasteiger partial charge is 0.348 e. The summed E-state index contributed by atoms with van der Waals surface area (Å²) in [5, 5.41) is 10.8. The second kappa shape index (κ2) is 6.91. The number of aromatic nitrogens is 2. The van der Waals surface area contributed by atoms with Crippen LogP contribution in [0.25, 0.3) is 0 Å². The molecule has 2 atom stereocenters. The van der Waals surface area contributed by atoms with Gasteiger partial charge in [0.15, 0.2) is 0 Å². The number of hydrogen-bond donors (Lipinski definition) is 2. The lowest BCUT2D eigenvalue weighted by Crippen LogP contribution is -2.51. The van der Waals surface area contributed by atoms with Gasteiger partial charge in [0.25, 0.3) is 5.91 Å². The van der Waals surface area contributed by atoms with E-state index in [1.165, 1.54) is 0 Å². The number of nitrogens with one attached hydrogen (secondary N) is 2. The molecule has 2 unspecified atom stereocenters. The summed E-state index contributed by atoms with van der Waals surface area (Å²) in [6.45, 7) is 5.18. The van der Waals surface area contributed by atoms with E-state index in [0.717, 1.165) is 31.5 Å². The van der Waals surface area contributed by atoms with Crippen LogP contribution in [-0.4, -0.2) is 34.3 Å². The van der Waals surface area contributed by atoms with Gasteiger partial charge in [0.2, 0.25) is 0 Å². The van der Waals surface area contributed by atoms with Gasteiger partial charge in [0, 0.05) is 25.3 Å². The highest BCUT2D eigenvalue weighted by Gasteiger charge is 2.24. The fraction of sp³-hybridized carbons (Fsp3) is 0.692. The first-order chi connectivity index (χ1) is 8.61. The molecule has 2 N–H and O–H groups in total. The van der Waals surface area contributed by atoms with Crippen molar-refractivity contribution < 1.29 is 4.79 Å². The molecule has 0 radical (unpaired) electrons. The van der Waals surface area contributed by atoms with Crippen LogP contribution in [0.2, 0.25) is 0 Å². The molecule has 1 aromatic heterocycles. The number of hydrogen-bond acceptors (Lipinski definition) is 3. The van der Waals surface area contributed by atoms with Crippen molar-refractivity contribution in [2.45, 2.75) is 45.2 Å². The topological polar surface area (TPSA) is 59.0 Å². The fourth-order valence-electron chi connectivity index (χ4n) is 2.47. The smallest absolute Gasteiger partial charge is 0.255 e. The van der Waals surface area contributed by atoms with Crippen LogP contribution in [0.1, 0.15) is 42.7 Å². The Labute approximate surface area is 120 Å². The molecule has 0 spiro atoms. The normalized spacial score (nSPS) is 22.7. The van der Waals surface area contributed by atoms with Crippen LogP contribution in [0.5, 0.6) is 0 Å². The Morgan fingerprint density at radius 3 is 3.00 bits per heavy atom. The fourth-order valence-corrected chi connectivity index (χ4v) is 2.47. The summed E-state index contributed by atoms with van der Waals surface area (Å²) < 4.78 is 1.70. The number of amides is 1. The zero-order chi connectivity index (χ0) is 13.1. The van der Waals surface area contributed by atoms with Crippen molar-refractivity contribution >= 4 is 18.3 Å². The number of carbonyl (C=O) groups is 1. The molecule has 0 bridgehead atoms. The number of nitrogens with zero attached hydrogens (tertiary/aromatic N) is 2. The van der Waals surface area contributed by atoms with Crippen LogP contribution in [-0.2, 0) is 13.5 Å². The van der Waals surface area contributed by atoms with E-state index in [1.807, 2.05) is 14.0 Å². The maximum Gasteiger partial charge on any atom is 0.255 e. The third kappa shape index (κ3) is 3.70. The molecule has 1 saturated heterocycles. The van der Waals surface area contributed by atoms with Crippen LogP contribution < -0.4 is 10.6 Å². The molecule has 1 amide bonds. The average Bonchev–Trinajstić information content (AvgIpc) is 2.73. The molecule has 19 heavy (non-hydrogen) atoms. The van der Waals surface area contributed by atoms with Gasteiger partial charge in [-0.25, -0.2) is 0 Å². The summed E-state index contributed by atoms with van der Waals surface area (Å²) in [6, 6.07) is 0.556. The molecule has 1 fully saturated rings. The third-order valence-corrected chi connectivity index (χ3v) is 3.56. The van der Waals surface area contributed by atoms with E-state index in [1.54, 1.807) is 10.9 Å². The molecular weight excluding hydrogens is 264 g/mol. The lowest BCUT2D eigenvalue weighted by molar-refractivity contribution is 0.0919. The van der Waals surface area contributed by atoms with E-state index in [0.29, 0.717) is 11.6 Å². The summed E-state index contributed by atoms with van der Waals surface area (Å²) in [5.41, 5.74) is 1.57. The minimum atomic E-state index is 0. The Morgan fingerprint density at radius 1 is 1.63 bits per heavy atom. The molecule has 1 aliphatic rings. The van der Waals surface area contributed by atoms with E-state index in [2.05, 4.69) is 22.7 Å². The molecule has 1 aromatic rings. The molecule has 2 rings (SSSR count). The van der Waals surface area contributed by atoms with E-state index in [-0.39, 0.29) is 24.4 Å². The molecular formula is C13H23ClN4O. The van der Waals surface area contributed by atoms with Gasteiger partial charge < -0.3 is 10.6 Å². The molecule has 6 heteroatoms. The summed E-state index contributed by atoms with van der Waals surface area (Å²) in [6.07, 6.45) is 4.74. The number of carbonyl (C=O) groups excluding carboxylic acids is 1. The Morgan fingerprint density at radius 2 is 2.37 bits per heavy atom. The number of rotatable bonds is 3. The maximum atomic E-state index is 12.3. The molecule has 108 valence electrons. The van der Waals surface area contributed by atoms with E-state index < -0.39 is 0 Å². The number of halogens is 1. The van der Waals surface area contributed by atoms with E-state index >= 15 is 0 Å². The van der Waals surface area contributed by atoms with Crippen molar-refractivity contribution in [1.82, 2.24) is 20.4 Å². The lowest BCUT2D eigenvalue weighted by Gasteiger charge is -2.30. The van der Waals surface area contributed by atoms with E-state index in [9.17, 15) is 4.79 Å². The minimum Gasteiger partial charge on any atom is -0.348 e. The van der Waals surface area contributed by atoms with Gasteiger partial charge in [-0.15, -0.1) is 12.4 Å². The van der Waals surface area contributed by atoms with Gasteiger partial charge in [-0.1, -0.05) is 6.92 Å². The molecule has 2 heterocycles. The van der Waals surface area contributed by atoms with Crippen LogP contribution in [0, 0.1) is 0 Å². The van der Waals surface area contributed by atoms with E-state index in [4.69, 9.17) is 0 Å². The monoisotopic (exact) mass is 286 g/mol. The van der Waals surface area contributed by atoms with Gasteiger partial charge in [-0.2, -0.15) is 5.10 Å². The predicted molar refractivity (Wildman–Crippen MR) is 77.8 cm³/mol. The SMILES string of the molecule is CCc1nn(C)cc1C(=O)NC1CCCNC1C.Cl. The van der Waals surface area contributed by atoms with Crippen LogP contribution in [0.3, 0.4) is 0 Å². The average molecular weight is 287 g/mol. The highest BCUT2D eigenvalue weighted by molar-refractivity contribution is 5.95. The maximum absolute atomic E-state index is 12.3. The highest BCUT2D eigenvalue weighted by Crippen LogP contribution is 2.11. The van der Waals surface area contributed by atoms with Crippen molar-refractivity contribution in [3.8, 4) is 0 Å². The molecule has 1 aliphatic heterocycles. The van der Waals surface area contributed by atoms with Gasteiger partial charge in [-0.3, -0.25) is 9.48 Å². The second-order valence-electron chi connectivity index (χ2n) is 4.98. The third-order valence-electron chi connectivity index (χ3n) is 3.56. The Hall–Kier alpha value is -1.07. The number of aryl methyl sites for hydroxylation is 2. The van der Waals surface area contributed by atoms with Gasteiger partial charge in [0.05, 0.1) is 11.3 Å². The predicted octanol–water partition coefficient (Wildman–Crippen LogP) is 1.27. The van der Waals surface area contributed by atoms with Crippen molar-refractivity contribution in [3.05, 3.63) is 17.5 Å². The second-order valence-corrected chi connectivity index (χ2v) is 4.98. The van der Waals surface area contributed by atoms with Gasteiger partial charge in [0.1, 0.15) is 0 Å². The molecule has 0 saturated carbocycles. The van der Waals surface area contributed by atoms with Gasteiger partial charge in [-0.05, 0) is 32.7 Å². The van der Waals surface area contributed by atoms with Crippen LogP contribution in [0.4, 0.5) is 0 Å². The zero-order valence-corrected chi connectivity index (χ0v) is 12.6. The van der Waals surface area contributed by atoms with Crippen molar-refractivity contribution in [2.75, 3.05) is 6.54 Å². The summed E-state index contributed by atoms with van der Waals surface area (Å²) in [5.74, 6) is 0.000463. The lowest BCUT2D eigenvalue weighted by atomic mass is 9.99. The minimum absolute atomic E-state index is 0. The quantitative estimate of drug-likeness (QED) is 0.880. The number of piperidine rings is 1. The standard InChI is InChI=1S/C13H22N4O.ClH/c1-4-11-10(8-17(3)16-11)13(18)15-12-6-5-7-14-9(12)2;/h8-9,12,14H,4-7H2,1-3H3,(H,15,18);1H. The van der Waals surface area contributed by atoms with Crippen LogP contribution in [0.15, 0.2) is 6.20 Å². The first-order valence-electron chi connectivity index (χ1n) is 6.68. The summed E-state index contributed by atoms with van der Waals surface area (Å²) in [4.78, 5) is 12.3. The Bertz CT molecular complexity index is 432. The van der Waals surface area contributed by atoms with Gasteiger partial charge >= 0.3 is 0 Å². The zero-order valence-electron chi connectivity index (χ0n) is 11.8.